The van der Waals surface area contributed by atoms with Crippen molar-refractivity contribution in [2.24, 2.45) is 11.8 Å². The van der Waals surface area contributed by atoms with Crippen LogP contribution in [0.25, 0.3) is 0 Å². The van der Waals surface area contributed by atoms with Gasteiger partial charge in [0, 0.05) is 11.1 Å². The molecule has 6 heteroatoms. The summed E-state index contributed by atoms with van der Waals surface area (Å²) in [5.74, 6) is 0.0419. The Kier molecular flexibility index (Phi) is 6.94. The maximum absolute atomic E-state index is 11.1. The molecule has 2 heterocycles. The van der Waals surface area contributed by atoms with Crippen LogP contribution in [-0.4, -0.2) is 48.1 Å². The number of aliphatic carboxylic acids is 1. The standard InChI is InChI=1S/2C11H16O3/c1-7(2)11(12)13-6-8-3-4-9-10(5-8)14-9;1-7(11(12)13)2-3-8-4-5-9-10(6-8)14-9/h8-10H,1,3-6H2,2H3;2,8-10H,3-6H2,1H3,(H,12,13). The molecule has 6 unspecified atom stereocenters. The summed E-state index contributed by atoms with van der Waals surface area (Å²) in [4.78, 5) is 21.7. The third kappa shape index (κ3) is 6.17. The maximum atomic E-state index is 11.1. The monoisotopic (exact) mass is 392 g/mol. The molecule has 2 aliphatic heterocycles. The van der Waals surface area contributed by atoms with Crippen molar-refractivity contribution in [2.45, 2.75) is 83.2 Å². The lowest BCUT2D eigenvalue weighted by molar-refractivity contribution is -0.140. The Hall–Kier alpha value is -1.66. The Labute approximate surface area is 166 Å². The summed E-state index contributed by atoms with van der Waals surface area (Å²) in [6.07, 6.45) is 11.5. The van der Waals surface area contributed by atoms with Crippen LogP contribution in [0.3, 0.4) is 0 Å². The minimum absolute atomic E-state index is 0.274. The molecule has 1 N–H and O–H groups in total. The van der Waals surface area contributed by atoms with Gasteiger partial charge in [0.05, 0.1) is 31.0 Å². The SMILES string of the molecule is C=C(C)C(=O)OCC1CCC2OC2C1.CC(=CCC1CCC2OC2C1)C(=O)O. The van der Waals surface area contributed by atoms with Gasteiger partial charge in [0.2, 0.25) is 0 Å². The van der Waals surface area contributed by atoms with Crippen molar-refractivity contribution in [3.63, 3.8) is 0 Å². The molecule has 6 nitrogen and oxygen atoms in total. The smallest absolute Gasteiger partial charge is 0.333 e. The zero-order valence-electron chi connectivity index (χ0n) is 16.9. The van der Waals surface area contributed by atoms with Crippen LogP contribution in [-0.2, 0) is 23.8 Å². The van der Waals surface area contributed by atoms with Crippen molar-refractivity contribution >= 4 is 11.9 Å². The number of hydrogen-bond donors (Lipinski definition) is 1. The highest BCUT2D eigenvalue weighted by Gasteiger charge is 2.44. The normalized spacial score (nSPS) is 35.4. The molecule has 2 saturated heterocycles. The lowest BCUT2D eigenvalue weighted by Gasteiger charge is -2.18. The summed E-state index contributed by atoms with van der Waals surface area (Å²) in [6.45, 7) is 7.39. The summed E-state index contributed by atoms with van der Waals surface area (Å²) in [5.41, 5.74) is 0.935. The van der Waals surface area contributed by atoms with Gasteiger partial charge in [-0.3, -0.25) is 0 Å². The molecular weight excluding hydrogens is 360 g/mol. The van der Waals surface area contributed by atoms with Crippen LogP contribution in [0.5, 0.6) is 0 Å². The number of carbonyl (C=O) groups is 2. The average molecular weight is 392 g/mol. The fraction of sp³-hybridized carbons (Fsp3) is 0.727. The molecule has 6 atom stereocenters. The molecule has 0 radical (unpaired) electrons. The first-order chi connectivity index (χ1) is 13.3. The summed E-state index contributed by atoms with van der Waals surface area (Å²) in [6, 6.07) is 0. The Morgan fingerprint density at radius 1 is 1.00 bits per heavy atom. The Bertz CT molecular complexity index is 639. The molecule has 4 fully saturated rings. The van der Waals surface area contributed by atoms with Gasteiger partial charge in [0.1, 0.15) is 0 Å². The number of epoxide rings is 2. The largest absolute Gasteiger partial charge is 0.478 e. The van der Waals surface area contributed by atoms with Crippen LogP contribution < -0.4 is 0 Å². The quantitative estimate of drug-likeness (QED) is 0.422. The van der Waals surface area contributed by atoms with Crippen molar-refractivity contribution in [2.75, 3.05) is 6.61 Å². The highest BCUT2D eigenvalue weighted by atomic mass is 16.6. The number of rotatable bonds is 6. The first-order valence-electron chi connectivity index (χ1n) is 10.4. The van der Waals surface area contributed by atoms with E-state index < -0.39 is 5.97 Å². The van der Waals surface area contributed by atoms with Crippen LogP contribution in [0, 0.1) is 11.8 Å². The van der Waals surface area contributed by atoms with E-state index in [0.29, 0.717) is 54.0 Å². The molecule has 0 aromatic carbocycles. The maximum Gasteiger partial charge on any atom is 0.333 e. The lowest BCUT2D eigenvalue weighted by Crippen LogP contribution is -2.20. The summed E-state index contributed by atoms with van der Waals surface area (Å²) in [5, 5.41) is 8.68. The topological polar surface area (TPSA) is 88.7 Å². The zero-order valence-corrected chi connectivity index (χ0v) is 16.9. The van der Waals surface area contributed by atoms with E-state index in [1.807, 2.05) is 6.08 Å². The molecule has 0 spiro atoms. The fourth-order valence-corrected chi connectivity index (χ4v) is 4.09. The number of carboxylic acids is 1. The minimum Gasteiger partial charge on any atom is -0.478 e. The Morgan fingerprint density at radius 2 is 1.57 bits per heavy atom. The number of allylic oxidation sites excluding steroid dienone is 1. The Balaban J connectivity index is 0.000000161. The second-order valence-electron chi connectivity index (χ2n) is 8.59. The van der Waals surface area contributed by atoms with Crippen molar-refractivity contribution in [3.05, 3.63) is 23.8 Å². The van der Waals surface area contributed by atoms with Gasteiger partial charge in [-0.2, -0.15) is 0 Å². The summed E-state index contributed by atoms with van der Waals surface area (Å²) >= 11 is 0. The molecule has 0 aromatic rings. The summed E-state index contributed by atoms with van der Waals surface area (Å²) < 4.78 is 15.9. The van der Waals surface area contributed by atoms with E-state index in [-0.39, 0.29) is 5.97 Å². The highest BCUT2D eigenvalue weighted by Crippen LogP contribution is 2.41. The molecule has 2 saturated carbocycles. The van der Waals surface area contributed by atoms with Gasteiger partial charge in [-0.15, -0.1) is 0 Å². The van der Waals surface area contributed by atoms with Gasteiger partial charge in [-0.05, 0) is 70.6 Å². The minimum atomic E-state index is -0.804. The lowest BCUT2D eigenvalue weighted by atomic mass is 9.86. The van der Waals surface area contributed by atoms with E-state index in [9.17, 15) is 9.59 Å². The van der Waals surface area contributed by atoms with Crippen molar-refractivity contribution in [1.29, 1.82) is 0 Å². The van der Waals surface area contributed by atoms with E-state index in [1.165, 1.54) is 6.42 Å². The van der Waals surface area contributed by atoms with E-state index in [0.717, 1.165) is 38.5 Å². The van der Waals surface area contributed by atoms with E-state index in [2.05, 4.69) is 6.58 Å². The van der Waals surface area contributed by atoms with Crippen molar-refractivity contribution in [1.82, 2.24) is 0 Å². The second kappa shape index (κ2) is 9.23. The first-order valence-corrected chi connectivity index (χ1v) is 10.4. The van der Waals surface area contributed by atoms with Gasteiger partial charge >= 0.3 is 11.9 Å². The molecule has 4 aliphatic rings. The van der Waals surface area contributed by atoms with E-state index in [4.69, 9.17) is 19.3 Å². The highest BCUT2D eigenvalue weighted by molar-refractivity contribution is 5.87. The van der Waals surface area contributed by atoms with Crippen molar-refractivity contribution < 1.29 is 28.9 Å². The molecule has 0 amide bonds. The van der Waals surface area contributed by atoms with Crippen LogP contribution in [0.1, 0.15) is 58.8 Å². The van der Waals surface area contributed by atoms with Gasteiger partial charge in [0.15, 0.2) is 0 Å². The van der Waals surface area contributed by atoms with Gasteiger partial charge in [-0.1, -0.05) is 12.7 Å². The number of hydrogen-bond acceptors (Lipinski definition) is 5. The fourth-order valence-electron chi connectivity index (χ4n) is 4.09. The number of ether oxygens (including phenoxy) is 3. The van der Waals surface area contributed by atoms with Crippen LogP contribution >= 0.6 is 0 Å². The Morgan fingerprint density at radius 3 is 2.11 bits per heavy atom. The van der Waals surface area contributed by atoms with Gasteiger partial charge < -0.3 is 19.3 Å². The number of esters is 1. The number of carboxylic acid groups (broad SMARTS) is 1. The molecule has 28 heavy (non-hydrogen) atoms. The van der Waals surface area contributed by atoms with Crippen LogP contribution in [0.2, 0.25) is 0 Å². The van der Waals surface area contributed by atoms with E-state index >= 15 is 0 Å². The van der Waals surface area contributed by atoms with Crippen LogP contribution in [0.15, 0.2) is 23.8 Å². The third-order valence-electron chi connectivity index (χ3n) is 6.12. The summed E-state index contributed by atoms with van der Waals surface area (Å²) in [7, 11) is 0. The van der Waals surface area contributed by atoms with Crippen LogP contribution in [0.4, 0.5) is 0 Å². The number of carbonyl (C=O) groups excluding carboxylic acids is 1. The molecule has 2 aliphatic carbocycles. The third-order valence-corrected chi connectivity index (χ3v) is 6.12. The van der Waals surface area contributed by atoms with Crippen molar-refractivity contribution in [3.8, 4) is 0 Å². The number of fused-ring (bicyclic) bond motifs is 2. The zero-order chi connectivity index (χ0) is 20.3. The second-order valence-corrected chi connectivity index (χ2v) is 8.59. The molecule has 4 rings (SSSR count). The predicted molar refractivity (Wildman–Crippen MR) is 104 cm³/mol. The van der Waals surface area contributed by atoms with Gasteiger partial charge in [0.25, 0.3) is 0 Å². The van der Waals surface area contributed by atoms with Gasteiger partial charge in [-0.25, -0.2) is 9.59 Å². The first kappa shape index (κ1) is 21.1. The molecule has 156 valence electrons. The predicted octanol–water partition coefficient (Wildman–Crippen LogP) is 3.65. The van der Waals surface area contributed by atoms with E-state index in [1.54, 1.807) is 13.8 Å². The molecule has 0 bridgehead atoms. The average Bonchev–Trinajstić information content (AvgIpc) is 3.57. The molecule has 0 aromatic heterocycles. The molecular formula is C22H32O6.